The molecule has 0 radical (unpaired) electrons. The number of hydrogen-bond donors (Lipinski definition) is 4. The minimum Gasteiger partial charge on any atom is -0.481 e. The van der Waals surface area contributed by atoms with E-state index >= 15 is 0 Å². The molecule has 1 rings (SSSR count). The maximum absolute atomic E-state index is 11.1. The number of hydrogen-bond acceptors (Lipinski definition) is 4. The Hall–Kier alpha value is -0.452. The fourth-order valence-electron chi connectivity index (χ4n) is 2.36. The first-order chi connectivity index (χ1) is 7.38. The van der Waals surface area contributed by atoms with Crippen molar-refractivity contribution < 1.29 is 40.9 Å². The number of carboxylic acid groups (broad SMARTS) is 2. The van der Waals surface area contributed by atoms with Crippen LogP contribution in [0.15, 0.2) is 0 Å². The van der Waals surface area contributed by atoms with Gasteiger partial charge < -0.3 is 21.7 Å². The average molecular weight is 425 g/mol. The van der Waals surface area contributed by atoms with Crippen LogP contribution < -0.4 is 11.5 Å². The van der Waals surface area contributed by atoms with E-state index < -0.39 is 35.9 Å². The van der Waals surface area contributed by atoms with Crippen molar-refractivity contribution in [2.75, 3.05) is 0 Å². The van der Waals surface area contributed by atoms with Gasteiger partial charge in [-0.15, -0.1) is 0 Å². The van der Waals surface area contributed by atoms with Crippen LogP contribution in [0.3, 0.4) is 0 Å². The molecule has 6 nitrogen and oxygen atoms in total. The Morgan fingerprint density at radius 3 is 2.35 bits per heavy atom. The van der Waals surface area contributed by atoms with Gasteiger partial charge in [-0.25, -0.2) is 0 Å². The summed E-state index contributed by atoms with van der Waals surface area (Å²) in [6, 6.07) is -0.443. The zero-order valence-corrected chi connectivity index (χ0v) is 11.6. The molecule has 17 heavy (non-hydrogen) atoms. The van der Waals surface area contributed by atoms with Crippen molar-refractivity contribution in [2.45, 2.75) is 43.7 Å². The molecule has 0 spiro atoms. The van der Waals surface area contributed by atoms with Gasteiger partial charge in [0.2, 0.25) is 0 Å². The van der Waals surface area contributed by atoms with E-state index in [0.717, 1.165) is 12.8 Å². The summed E-state index contributed by atoms with van der Waals surface area (Å²) in [5.74, 6) is -3.45. The van der Waals surface area contributed by atoms with Gasteiger partial charge in [0, 0.05) is 32.6 Å². The van der Waals surface area contributed by atoms with E-state index in [-0.39, 0.29) is 21.1 Å². The van der Waals surface area contributed by atoms with Crippen LogP contribution in [0.25, 0.3) is 0 Å². The van der Waals surface area contributed by atoms with E-state index in [2.05, 4.69) is 0 Å². The second kappa shape index (κ2) is 6.47. The Bertz CT molecular complexity index is 300. The third-order valence-corrected chi connectivity index (χ3v) is 3.39. The molecule has 6 N–H and O–H groups in total. The predicted octanol–water partition coefficient (Wildman–Crippen LogP) is -0.242. The van der Waals surface area contributed by atoms with Crippen molar-refractivity contribution in [3.05, 3.63) is 0 Å². The SMILES string of the molecule is NC1CCCCC1(N)C(CC(=O)O)C(=O)O.[Pt]. The van der Waals surface area contributed by atoms with E-state index in [9.17, 15) is 9.59 Å². The maximum Gasteiger partial charge on any atom is 0.309 e. The minimum absolute atomic E-state index is 0. The van der Waals surface area contributed by atoms with Gasteiger partial charge in [-0.3, -0.25) is 9.59 Å². The molecule has 0 aromatic heterocycles. The van der Waals surface area contributed by atoms with Gasteiger partial charge in [-0.05, 0) is 12.8 Å². The molecule has 0 heterocycles. The average Bonchev–Trinajstić information content (AvgIpc) is 2.18. The molecule has 1 aliphatic rings. The second-order valence-electron chi connectivity index (χ2n) is 4.45. The van der Waals surface area contributed by atoms with Crippen LogP contribution in [0.5, 0.6) is 0 Å². The molecule has 102 valence electrons. The van der Waals surface area contributed by atoms with Crippen molar-refractivity contribution in [3.8, 4) is 0 Å². The summed E-state index contributed by atoms with van der Waals surface area (Å²) in [7, 11) is 0. The fourth-order valence-corrected chi connectivity index (χ4v) is 2.36. The molecule has 0 amide bonds. The molecule has 0 aromatic carbocycles. The van der Waals surface area contributed by atoms with Gasteiger partial charge in [0.05, 0.1) is 12.3 Å². The summed E-state index contributed by atoms with van der Waals surface area (Å²) in [6.45, 7) is 0. The van der Waals surface area contributed by atoms with Crippen LogP contribution in [0.4, 0.5) is 0 Å². The van der Waals surface area contributed by atoms with E-state index in [1.165, 1.54) is 0 Å². The fraction of sp³-hybridized carbons (Fsp3) is 0.800. The first-order valence-electron chi connectivity index (χ1n) is 5.37. The van der Waals surface area contributed by atoms with Crippen molar-refractivity contribution >= 4 is 11.9 Å². The van der Waals surface area contributed by atoms with E-state index in [0.29, 0.717) is 12.8 Å². The summed E-state index contributed by atoms with van der Waals surface area (Å²) in [6.07, 6.45) is 2.37. The smallest absolute Gasteiger partial charge is 0.309 e. The second-order valence-corrected chi connectivity index (χ2v) is 4.45. The topological polar surface area (TPSA) is 127 Å². The molecule has 1 aliphatic carbocycles. The van der Waals surface area contributed by atoms with Gasteiger partial charge in [-0.2, -0.15) is 0 Å². The molecule has 0 aromatic rings. The molecule has 0 bridgehead atoms. The Balaban J connectivity index is 0.00000256. The summed E-state index contributed by atoms with van der Waals surface area (Å²) < 4.78 is 0. The Morgan fingerprint density at radius 1 is 1.35 bits per heavy atom. The van der Waals surface area contributed by atoms with Crippen molar-refractivity contribution in [1.29, 1.82) is 0 Å². The first kappa shape index (κ1) is 16.5. The summed E-state index contributed by atoms with van der Waals surface area (Å²) in [5, 5.41) is 17.8. The molecular formula is C10H18N2O4Pt. The maximum atomic E-state index is 11.1. The van der Waals surface area contributed by atoms with E-state index in [1.807, 2.05) is 0 Å². The third-order valence-electron chi connectivity index (χ3n) is 3.39. The zero-order valence-electron chi connectivity index (χ0n) is 9.37. The van der Waals surface area contributed by atoms with E-state index in [4.69, 9.17) is 21.7 Å². The van der Waals surface area contributed by atoms with Crippen LogP contribution in [0.2, 0.25) is 0 Å². The summed E-state index contributed by atoms with van der Waals surface area (Å²) >= 11 is 0. The standard InChI is InChI=1S/C10H18N2O4.Pt/c11-7-3-1-2-4-10(7,12)6(9(15)16)5-8(13)14;/h6-7H,1-5,11-12H2,(H,13,14)(H,15,16);. The van der Waals surface area contributed by atoms with Gasteiger partial charge in [0.25, 0.3) is 0 Å². The Labute approximate surface area is 114 Å². The van der Waals surface area contributed by atoms with Gasteiger partial charge in [0.1, 0.15) is 0 Å². The first-order valence-corrected chi connectivity index (χ1v) is 5.37. The number of carbonyl (C=O) groups is 2. The molecular weight excluding hydrogens is 407 g/mol. The van der Waals surface area contributed by atoms with Gasteiger partial charge in [0.15, 0.2) is 0 Å². The van der Waals surface area contributed by atoms with Crippen molar-refractivity contribution in [2.24, 2.45) is 17.4 Å². The van der Waals surface area contributed by atoms with Crippen molar-refractivity contribution in [1.82, 2.24) is 0 Å². The third kappa shape index (κ3) is 3.76. The van der Waals surface area contributed by atoms with Crippen LogP contribution >= 0.6 is 0 Å². The van der Waals surface area contributed by atoms with E-state index in [1.54, 1.807) is 0 Å². The van der Waals surface area contributed by atoms with Crippen LogP contribution in [-0.2, 0) is 30.7 Å². The van der Waals surface area contributed by atoms with Gasteiger partial charge in [-0.1, -0.05) is 12.8 Å². The zero-order chi connectivity index (χ0) is 12.3. The van der Waals surface area contributed by atoms with Crippen LogP contribution in [0, 0.1) is 5.92 Å². The molecule has 0 saturated heterocycles. The molecule has 0 aliphatic heterocycles. The molecule has 1 fully saturated rings. The number of aliphatic carboxylic acids is 2. The summed E-state index contributed by atoms with van der Waals surface area (Å²) in [5.41, 5.74) is 10.8. The normalized spacial score (nSPS) is 30.1. The predicted molar refractivity (Wildman–Crippen MR) is 56.7 cm³/mol. The summed E-state index contributed by atoms with van der Waals surface area (Å²) in [4.78, 5) is 21.7. The monoisotopic (exact) mass is 425 g/mol. The molecule has 1 saturated carbocycles. The van der Waals surface area contributed by atoms with Crippen molar-refractivity contribution in [3.63, 3.8) is 0 Å². The number of rotatable bonds is 4. The Kier molecular flexibility index (Phi) is 6.30. The van der Waals surface area contributed by atoms with Gasteiger partial charge >= 0.3 is 11.9 Å². The molecule has 3 unspecified atom stereocenters. The van der Waals surface area contributed by atoms with Crippen LogP contribution in [-0.4, -0.2) is 33.7 Å². The minimum atomic E-state index is -1.18. The van der Waals surface area contributed by atoms with Crippen LogP contribution in [0.1, 0.15) is 32.1 Å². The molecule has 7 heteroatoms. The quantitative estimate of drug-likeness (QED) is 0.493. The number of nitrogens with two attached hydrogens (primary N) is 2. The molecule has 3 atom stereocenters. The Morgan fingerprint density at radius 2 is 1.94 bits per heavy atom. The largest absolute Gasteiger partial charge is 0.481 e. The number of carboxylic acids is 2.